The molecule has 1 aromatic carbocycles. The van der Waals surface area contributed by atoms with Gasteiger partial charge in [-0.25, -0.2) is 13.1 Å². The standard InChI is InChI=1S/C15H26N2O3S/c1-11(2)20-8-6-5-7-17-21(18,19)15-10-13(4)12(3)9-14(15)16/h9-11,17H,5-8,16H2,1-4H3. The lowest BCUT2D eigenvalue weighted by Crippen LogP contribution is -2.26. The Labute approximate surface area is 127 Å². The minimum absolute atomic E-state index is 0.157. The van der Waals surface area contributed by atoms with Crippen LogP contribution in [0.15, 0.2) is 17.0 Å². The summed E-state index contributed by atoms with van der Waals surface area (Å²) in [6.07, 6.45) is 1.76. The van der Waals surface area contributed by atoms with Crippen LogP contribution in [0, 0.1) is 13.8 Å². The molecule has 0 spiro atoms. The van der Waals surface area contributed by atoms with Crippen LogP contribution in [0.5, 0.6) is 0 Å². The van der Waals surface area contributed by atoms with Crippen molar-refractivity contribution in [2.45, 2.75) is 51.5 Å². The molecule has 0 saturated heterocycles. The van der Waals surface area contributed by atoms with Gasteiger partial charge in [-0.2, -0.15) is 0 Å². The van der Waals surface area contributed by atoms with Gasteiger partial charge in [-0.1, -0.05) is 0 Å². The normalized spacial score (nSPS) is 12.0. The van der Waals surface area contributed by atoms with Gasteiger partial charge in [0.25, 0.3) is 0 Å². The fourth-order valence-electron chi connectivity index (χ4n) is 1.88. The number of nitrogens with two attached hydrogens (primary N) is 1. The lowest BCUT2D eigenvalue weighted by Gasteiger charge is -2.12. The minimum Gasteiger partial charge on any atom is -0.398 e. The van der Waals surface area contributed by atoms with E-state index in [2.05, 4.69) is 4.72 Å². The summed E-state index contributed by atoms with van der Waals surface area (Å²) in [6, 6.07) is 3.31. The number of hydrogen-bond donors (Lipinski definition) is 2. The summed E-state index contributed by atoms with van der Waals surface area (Å²) in [5, 5.41) is 0. The third-order valence-corrected chi connectivity index (χ3v) is 4.75. The number of hydrogen-bond acceptors (Lipinski definition) is 4. The van der Waals surface area contributed by atoms with Crippen LogP contribution in [0.4, 0.5) is 5.69 Å². The van der Waals surface area contributed by atoms with Gasteiger partial charge in [-0.3, -0.25) is 0 Å². The van der Waals surface area contributed by atoms with Crippen molar-refractivity contribution in [3.63, 3.8) is 0 Å². The number of anilines is 1. The van der Waals surface area contributed by atoms with E-state index in [-0.39, 0.29) is 16.7 Å². The molecule has 0 amide bonds. The Kier molecular flexibility index (Phi) is 6.64. The summed E-state index contributed by atoms with van der Waals surface area (Å²) >= 11 is 0. The predicted octanol–water partition coefficient (Wildman–Crippen LogP) is 2.37. The summed E-state index contributed by atoms with van der Waals surface area (Å²) in [7, 11) is -3.55. The molecule has 0 aromatic heterocycles. The molecule has 1 aromatic rings. The van der Waals surface area contributed by atoms with Crippen LogP contribution in [0.2, 0.25) is 0 Å². The quantitative estimate of drug-likeness (QED) is 0.570. The van der Waals surface area contributed by atoms with E-state index in [0.29, 0.717) is 13.2 Å². The van der Waals surface area contributed by atoms with Crippen LogP contribution in [-0.2, 0) is 14.8 Å². The van der Waals surface area contributed by atoms with Gasteiger partial charge in [-0.15, -0.1) is 0 Å². The first-order valence-electron chi connectivity index (χ1n) is 7.22. The highest BCUT2D eigenvalue weighted by Gasteiger charge is 2.17. The van der Waals surface area contributed by atoms with Crippen LogP contribution >= 0.6 is 0 Å². The van der Waals surface area contributed by atoms with Gasteiger partial charge < -0.3 is 10.5 Å². The van der Waals surface area contributed by atoms with E-state index in [9.17, 15) is 8.42 Å². The molecule has 0 aliphatic rings. The van der Waals surface area contributed by atoms with Crippen molar-refractivity contribution < 1.29 is 13.2 Å². The molecule has 120 valence electrons. The Morgan fingerprint density at radius 2 is 1.81 bits per heavy atom. The molecule has 0 unspecified atom stereocenters. The molecule has 6 heteroatoms. The summed E-state index contributed by atoms with van der Waals surface area (Å²) in [6.45, 7) is 8.76. The monoisotopic (exact) mass is 314 g/mol. The number of nitrogen functional groups attached to an aromatic ring is 1. The predicted molar refractivity (Wildman–Crippen MR) is 85.8 cm³/mol. The summed E-state index contributed by atoms with van der Waals surface area (Å²) in [5.41, 5.74) is 8.00. The molecule has 0 aliphatic heterocycles. The van der Waals surface area contributed by atoms with E-state index in [4.69, 9.17) is 10.5 Å². The maximum absolute atomic E-state index is 12.2. The summed E-state index contributed by atoms with van der Waals surface area (Å²) in [4.78, 5) is 0.157. The molecule has 0 heterocycles. The number of rotatable bonds is 8. The van der Waals surface area contributed by atoms with Gasteiger partial charge in [0.05, 0.1) is 11.8 Å². The van der Waals surface area contributed by atoms with Crippen LogP contribution in [0.3, 0.4) is 0 Å². The van der Waals surface area contributed by atoms with Gasteiger partial charge in [0.1, 0.15) is 4.90 Å². The van der Waals surface area contributed by atoms with Crippen LogP contribution < -0.4 is 10.5 Å². The van der Waals surface area contributed by atoms with Crippen LogP contribution in [0.1, 0.15) is 37.8 Å². The highest BCUT2D eigenvalue weighted by atomic mass is 32.2. The maximum atomic E-state index is 12.2. The second-order valence-corrected chi connectivity index (χ2v) is 7.23. The molecule has 5 nitrogen and oxygen atoms in total. The zero-order valence-corrected chi connectivity index (χ0v) is 14.1. The van der Waals surface area contributed by atoms with E-state index >= 15 is 0 Å². The Bertz CT molecular complexity index is 569. The van der Waals surface area contributed by atoms with Crippen LogP contribution in [0.25, 0.3) is 0 Å². The third-order valence-electron chi connectivity index (χ3n) is 3.23. The topological polar surface area (TPSA) is 81.4 Å². The number of benzene rings is 1. The highest BCUT2D eigenvalue weighted by molar-refractivity contribution is 7.89. The van der Waals surface area contributed by atoms with Gasteiger partial charge >= 0.3 is 0 Å². The van der Waals surface area contributed by atoms with E-state index in [0.717, 1.165) is 24.0 Å². The average molecular weight is 314 g/mol. The van der Waals surface area contributed by atoms with Crippen molar-refractivity contribution in [2.24, 2.45) is 0 Å². The van der Waals surface area contributed by atoms with Crippen molar-refractivity contribution in [3.05, 3.63) is 23.3 Å². The molecular weight excluding hydrogens is 288 g/mol. The lowest BCUT2D eigenvalue weighted by atomic mass is 10.1. The summed E-state index contributed by atoms with van der Waals surface area (Å²) < 4.78 is 32.5. The van der Waals surface area contributed by atoms with Gasteiger partial charge in [0, 0.05) is 13.2 Å². The largest absolute Gasteiger partial charge is 0.398 e. The molecule has 0 bridgehead atoms. The van der Waals surface area contributed by atoms with Crippen molar-refractivity contribution in [2.75, 3.05) is 18.9 Å². The smallest absolute Gasteiger partial charge is 0.242 e. The molecule has 0 atom stereocenters. The fourth-order valence-corrected chi connectivity index (χ4v) is 3.14. The number of ether oxygens (including phenoxy) is 1. The number of aryl methyl sites for hydroxylation is 2. The fraction of sp³-hybridized carbons (Fsp3) is 0.600. The number of sulfonamides is 1. The van der Waals surface area contributed by atoms with Gasteiger partial charge in [-0.05, 0) is 63.8 Å². The zero-order chi connectivity index (χ0) is 16.0. The minimum atomic E-state index is -3.55. The van der Waals surface area contributed by atoms with E-state index in [1.54, 1.807) is 12.1 Å². The van der Waals surface area contributed by atoms with E-state index in [1.165, 1.54) is 0 Å². The molecule has 21 heavy (non-hydrogen) atoms. The Balaban J connectivity index is 2.56. The van der Waals surface area contributed by atoms with Crippen molar-refractivity contribution >= 4 is 15.7 Å². The molecule has 0 fully saturated rings. The molecular formula is C15H26N2O3S. The first-order valence-corrected chi connectivity index (χ1v) is 8.70. The zero-order valence-electron chi connectivity index (χ0n) is 13.3. The maximum Gasteiger partial charge on any atom is 0.242 e. The highest BCUT2D eigenvalue weighted by Crippen LogP contribution is 2.22. The second-order valence-electron chi connectivity index (χ2n) is 5.50. The SMILES string of the molecule is Cc1cc(N)c(S(=O)(=O)NCCCCOC(C)C)cc1C. The van der Waals surface area contributed by atoms with Crippen molar-refractivity contribution in [1.82, 2.24) is 4.72 Å². The number of nitrogens with one attached hydrogen (secondary N) is 1. The van der Waals surface area contributed by atoms with Gasteiger partial charge in [0.15, 0.2) is 0 Å². The molecule has 0 saturated carbocycles. The third kappa shape index (κ3) is 5.65. The first-order chi connectivity index (χ1) is 9.74. The van der Waals surface area contributed by atoms with Crippen molar-refractivity contribution in [3.8, 4) is 0 Å². The lowest BCUT2D eigenvalue weighted by molar-refractivity contribution is 0.0762. The molecule has 0 aliphatic carbocycles. The Hall–Kier alpha value is -1.11. The Morgan fingerprint density at radius 3 is 2.43 bits per heavy atom. The summed E-state index contributed by atoms with van der Waals surface area (Å²) in [5.74, 6) is 0. The van der Waals surface area contributed by atoms with Crippen molar-refractivity contribution in [1.29, 1.82) is 0 Å². The second kappa shape index (κ2) is 7.77. The van der Waals surface area contributed by atoms with E-state index < -0.39 is 10.0 Å². The molecule has 0 radical (unpaired) electrons. The van der Waals surface area contributed by atoms with E-state index in [1.807, 2.05) is 27.7 Å². The molecule has 3 N–H and O–H groups in total. The van der Waals surface area contributed by atoms with Gasteiger partial charge in [0.2, 0.25) is 10.0 Å². The first kappa shape index (κ1) is 17.9. The van der Waals surface area contributed by atoms with Crippen LogP contribution in [-0.4, -0.2) is 27.7 Å². The average Bonchev–Trinajstić information content (AvgIpc) is 2.37. The molecule has 1 rings (SSSR count). The Morgan fingerprint density at radius 1 is 1.19 bits per heavy atom. The number of unbranched alkanes of at least 4 members (excludes halogenated alkanes) is 1.